The van der Waals surface area contributed by atoms with Gasteiger partial charge in [-0.05, 0) is 28.1 Å². The van der Waals surface area contributed by atoms with Crippen LogP contribution in [0.3, 0.4) is 0 Å². The van der Waals surface area contributed by atoms with Gasteiger partial charge in [-0.1, -0.05) is 0 Å². The number of halogens is 1. The molecule has 0 aromatic heterocycles. The predicted octanol–water partition coefficient (Wildman–Crippen LogP) is 1.45. The van der Waals surface area contributed by atoms with E-state index in [4.69, 9.17) is 0 Å². The van der Waals surface area contributed by atoms with Crippen molar-refractivity contribution in [3.63, 3.8) is 0 Å². The molecule has 0 saturated heterocycles. The van der Waals surface area contributed by atoms with Crippen molar-refractivity contribution in [1.29, 1.82) is 0 Å². The van der Waals surface area contributed by atoms with Gasteiger partial charge in [-0.25, -0.2) is 4.90 Å². The second kappa shape index (κ2) is 4.22. The standard InChI is InChI=1S/C10H5BrN2O5/c11-6-4-9(15)12(10(6)16)5-1-2-8(14)7(3-5)13(17)18/h1-4,14H. The molecular weight excluding hydrogens is 308 g/mol. The Balaban J connectivity index is 2.48. The highest BCUT2D eigenvalue weighted by atomic mass is 79.9. The Morgan fingerprint density at radius 2 is 2.00 bits per heavy atom. The van der Waals surface area contributed by atoms with E-state index in [0.717, 1.165) is 23.1 Å². The van der Waals surface area contributed by atoms with Gasteiger partial charge in [0.05, 0.1) is 15.1 Å². The van der Waals surface area contributed by atoms with Gasteiger partial charge in [0, 0.05) is 12.1 Å². The third kappa shape index (κ3) is 1.86. The molecule has 1 aromatic carbocycles. The fourth-order valence-electron chi connectivity index (χ4n) is 1.48. The Labute approximate surface area is 109 Å². The average Bonchev–Trinajstić information content (AvgIpc) is 2.54. The number of carbonyl (C=O) groups excluding carboxylic acids is 2. The number of nitrogens with zero attached hydrogens (tertiary/aromatic N) is 2. The molecule has 7 nitrogen and oxygen atoms in total. The number of imide groups is 1. The molecule has 1 N–H and O–H groups in total. The first-order valence-corrected chi connectivity index (χ1v) is 5.44. The summed E-state index contributed by atoms with van der Waals surface area (Å²) in [4.78, 5) is 33.8. The van der Waals surface area contributed by atoms with Crippen LogP contribution >= 0.6 is 15.9 Å². The van der Waals surface area contributed by atoms with E-state index in [9.17, 15) is 24.8 Å². The van der Waals surface area contributed by atoms with Gasteiger partial charge in [0.1, 0.15) is 0 Å². The lowest BCUT2D eigenvalue weighted by molar-refractivity contribution is -0.385. The van der Waals surface area contributed by atoms with E-state index in [1.54, 1.807) is 0 Å². The van der Waals surface area contributed by atoms with Crippen molar-refractivity contribution in [2.75, 3.05) is 4.90 Å². The van der Waals surface area contributed by atoms with Crippen LogP contribution in [0.5, 0.6) is 5.75 Å². The summed E-state index contributed by atoms with van der Waals surface area (Å²) in [5.41, 5.74) is -0.545. The highest BCUT2D eigenvalue weighted by Crippen LogP contribution is 2.33. The zero-order valence-corrected chi connectivity index (χ0v) is 10.2. The van der Waals surface area contributed by atoms with E-state index in [0.29, 0.717) is 0 Å². The number of anilines is 1. The van der Waals surface area contributed by atoms with E-state index in [2.05, 4.69) is 15.9 Å². The summed E-state index contributed by atoms with van der Waals surface area (Å²) in [5.74, 6) is -1.75. The molecule has 1 heterocycles. The number of hydrogen-bond donors (Lipinski definition) is 1. The third-order valence-electron chi connectivity index (χ3n) is 2.29. The summed E-state index contributed by atoms with van der Waals surface area (Å²) in [6.07, 6.45) is 1.07. The number of phenols is 1. The number of amides is 2. The number of hydrogen-bond acceptors (Lipinski definition) is 5. The van der Waals surface area contributed by atoms with Crippen LogP contribution in [0.2, 0.25) is 0 Å². The van der Waals surface area contributed by atoms with Crippen LogP contribution < -0.4 is 4.90 Å². The van der Waals surface area contributed by atoms with Gasteiger partial charge in [0.2, 0.25) is 0 Å². The molecule has 1 aliphatic heterocycles. The Kier molecular flexibility index (Phi) is 2.87. The Morgan fingerprint density at radius 3 is 2.50 bits per heavy atom. The highest BCUT2D eigenvalue weighted by Gasteiger charge is 2.32. The van der Waals surface area contributed by atoms with E-state index < -0.39 is 28.2 Å². The molecule has 0 radical (unpaired) electrons. The van der Waals surface area contributed by atoms with Crippen molar-refractivity contribution in [1.82, 2.24) is 0 Å². The van der Waals surface area contributed by atoms with E-state index >= 15 is 0 Å². The van der Waals surface area contributed by atoms with Crippen molar-refractivity contribution >= 4 is 39.1 Å². The molecule has 1 aliphatic rings. The molecule has 0 unspecified atom stereocenters. The van der Waals surface area contributed by atoms with Gasteiger partial charge < -0.3 is 5.11 Å². The van der Waals surface area contributed by atoms with Gasteiger partial charge in [-0.3, -0.25) is 19.7 Å². The molecule has 0 bridgehead atoms. The summed E-state index contributed by atoms with van der Waals surface area (Å²) in [6, 6.07) is 3.27. The van der Waals surface area contributed by atoms with Crippen LogP contribution in [0.1, 0.15) is 0 Å². The number of phenolic OH excluding ortho intramolecular Hbond substituents is 1. The van der Waals surface area contributed by atoms with Crippen LogP contribution in [-0.2, 0) is 9.59 Å². The van der Waals surface area contributed by atoms with Gasteiger partial charge in [-0.15, -0.1) is 0 Å². The molecule has 92 valence electrons. The number of nitro benzene ring substituents is 1. The molecular formula is C10H5BrN2O5. The van der Waals surface area contributed by atoms with Gasteiger partial charge in [0.25, 0.3) is 11.8 Å². The van der Waals surface area contributed by atoms with Crippen molar-refractivity contribution in [3.05, 3.63) is 38.9 Å². The fraction of sp³-hybridized carbons (Fsp3) is 0. The molecule has 8 heteroatoms. The molecule has 0 atom stereocenters. The van der Waals surface area contributed by atoms with Crippen LogP contribution in [0, 0.1) is 10.1 Å². The quantitative estimate of drug-likeness (QED) is 0.506. The first-order valence-electron chi connectivity index (χ1n) is 4.65. The maximum absolute atomic E-state index is 11.6. The van der Waals surface area contributed by atoms with Crippen molar-refractivity contribution in [2.45, 2.75) is 0 Å². The van der Waals surface area contributed by atoms with E-state index in [-0.39, 0.29) is 10.2 Å². The first kappa shape index (κ1) is 12.2. The molecule has 0 spiro atoms. The van der Waals surface area contributed by atoms with Crippen LogP contribution in [0.4, 0.5) is 11.4 Å². The van der Waals surface area contributed by atoms with E-state index in [1.165, 1.54) is 6.07 Å². The Bertz CT molecular complexity index is 610. The molecule has 0 fully saturated rings. The lowest BCUT2D eigenvalue weighted by Gasteiger charge is -2.13. The minimum atomic E-state index is -0.799. The second-order valence-corrected chi connectivity index (χ2v) is 4.26. The minimum Gasteiger partial charge on any atom is -0.502 e. The number of carbonyl (C=O) groups is 2. The SMILES string of the molecule is O=C1C=C(Br)C(=O)N1c1ccc(O)c([N+](=O)[O-])c1. The van der Waals surface area contributed by atoms with Crippen LogP contribution in [-0.4, -0.2) is 21.8 Å². The van der Waals surface area contributed by atoms with Gasteiger partial charge >= 0.3 is 5.69 Å². The van der Waals surface area contributed by atoms with Gasteiger partial charge in [-0.2, -0.15) is 0 Å². The van der Waals surface area contributed by atoms with Crippen molar-refractivity contribution < 1.29 is 19.6 Å². The lowest BCUT2D eigenvalue weighted by atomic mass is 10.2. The monoisotopic (exact) mass is 312 g/mol. The molecule has 0 saturated carbocycles. The summed E-state index contributed by atoms with van der Waals surface area (Å²) in [5, 5.41) is 19.9. The molecule has 2 amide bonds. The Hall–Kier alpha value is -2.22. The molecule has 0 aliphatic carbocycles. The maximum atomic E-state index is 11.6. The Morgan fingerprint density at radius 1 is 1.33 bits per heavy atom. The zero-order valence-electron chi connectivity index (χ0n) is 8.66. The smallest absolute Gasteiger partial charge is 0.312 e. The van der Waals surface area contributed by atoms with Gasteiger partial charge in [0.15, 0.2) is 5.75 Å². The summed E-state index contributed by atoms with van der Waals surface area (Å²) in [7, 11) is 0. The lowest BCUT2D eigenvalue weighted by Crippen LogP contribution is -2.30. The minimum absolute atomic E-state index is 0.0280. The largest absolute Gasteiger partial charge is 0.502 e. The zero-order chi connectivity index (χ0) is 13.4. The summed E-state index contributed by atoms with van der Waals surface area (Å²) < 4.78 is 0.0724. The number of aromatic hydroxyl groups is 1. The normalized spacial score (nSPS) is 14.9. The third-order valence-corrected chi connectivity index (χ3v) is 2.86. The predicted molar refractivity (Wildman–Crippen MR) is 64.3 cm³/mol. The van der Waals surface area contributed by atoms with Crippen LogP contribution in [0.15, 0.2) is 28.8 Å². The fourth-order valence-corrected chi connectivity index (χ4v) is 1.86. The topological polar surface area (TPSA) is 101 Å². The number of rotatable bonds is 2. The number of benzene rings is 1. The summed E-state index contributed by atoms with van der Waals surface area (Å²) >= 11 is 2.91. The number of nitro groups is 1. The first-order chi connectivity index (χ1) is 8.41. The second-order valence-electron chi connectivity index (χ2n) is 3.40. The molecule has 18 heavy (non-hydrogen) atoms. The molecule has 2 rings (SSSR count). The maximum Gasteiger partial charge on any atom is 0.312 e. The van der Waals surface area contributed by atoms with Crippen molar-refractivity contribution in [3.8, 4) is 5.75 Å². The average molecular weight is 313 g/mol. The molecule has 1 aromatic rings. The highest BCUT2D eigenvalue weighted by molar-refractivity contribution is 9.12. The summed E-state index contributed by atoms with van der Waals surface area (Å²) in [6.45, 7) is 0. The van der Waals surface area contributed by atoms with Crippen LogP contribution in [0.25, 0.3) is 0 Å². The van der Waals surface area contributed by atoms with E-state index in [1.807, 2.05) is 0 Å². The van der Waals surface area contributed by atoms with Crippen molar-refractivity contribution in [2.24, 2.45) is 0 Å².